The third-order valence-electron chi connectivity index (χ3n) is 11.4. The molecular formula is C35H39N5O5. The van der Waals surface area contributed by atoms with Gasteiger partial charge in [-0.25, -0.2) is 10.0 Å². The van der Waals surface area contributed by atoms with Crippen LogP contribution in [0.5, 0.6) is 0 Å². The molecule has 10 nitrogen and oxygen atoms in total. The molecule has 4 heterocycles. The van der Waals surface area contributed by atoms with Crippen LogP contribution in [0.4, 0.5) is 0 Å². The van der Waals surface area contributed by atoms with Crippen LogP contribution in [0, 0.1) is 18.3 Å². The number of carbonyl (C=O) groups is 3. The summed E-state index contributed by atoms with van der Waals surface area (Å²) in [5.41, 5.74) is 1.60. The van der Waals surface area contributed by atoms with Crippen LogP contribution in [0.1, 0.15) is 49.1 Å². The van der Waals surface area contributed by atoms with Crippen molar-refractivity contribution in [3.05, 3.63) is 71.8 Å². The number of hydrogen-bond acceptors (Lipinski definition) is 7. The molecule has 2 aromatic rings. The summed E-state index contributed by atoms with van der Waals surface area (Å²) in [6, 6.07) is 19.4. The first-order chi connectivity index (χ1) is 21.9. The zero-order chi connectivity index (χ0) is 30.9. The van der Waals surface area contributed by atoms with E-state index in [1.54, 1.807) is 4.90 Å². The molecule has 4 bridgehead atoms. The van der Waals surface area contributed by atoms with Crippen LogP contribution >= 0.6 is 0 Å². The number of piperazine rings is 1. The molecule has 8 atom stereocenters. The second-order valence-electron chi connectivity index (χ2n) is 13.6. The highest BCUT2D eigenvalue weighted by atomic mass is 16.6. The van der Waals surface area contributed by atoms with Crippen LogP contribution in [0.3, 0.4) is 0 Å². The molecule has 0 aromatic heterocycles. The Morgan fingerprint density at radius 2 is 1.82 bits per heavy atom. The number of aliphatic carboxylic acids is 1. The number of rotatable bonds is 7. The third-order valence-corrected chi connectivity index (χ3v) is 11.4. The van der Waals surface area contributed by atoms with Gasteiger partial charge >= 0.3 is 5.97 Å². The van der Waals surface area contributed by atoms with E-state index in [1.807, 2.05) is 46.3 Å². The fourth-order valence-electron chi connectivity index (χ4n) is 9.60. The zero-order valence-electron chi connectivity index (χ0n) is 25.3. The van der Waals surface area contributed by atoms with E-state index in [9.17, 15) is 19.5 Å². The Morgan fingerprint density at radius 1 is 1.07 bits per heavy atom. The predicted molar refractivity (Wildman–Crippen MR) is 164 cm³/mol. The molecular weight excluding hydrogens is 570 g/mol. The number of epoxide rings is 1. The monoisotopic (exact) mass is 609 g/mol. The number of nitrogens with one attached hydrogen (secondary N) is 1. The lowest BCUT2D eigenvalue weighted by Crippen LogP contribution is -2.84. The first-order valence-corrected chi connectivity index (χ1v) is 16.2. The number of nitrogens with zero attached hydrogens (tertiary/aromatic N) is 4. The van der Waals surface area contributed by atoms with Gasteiger partial charge in [-0.2, -0.15) is 0 Å². The number of amides is 2. The van der Waals surface area contributed by atoms with Crippen molar-refractivity contribution in [1.29, 1.82) is 0 Å². The van der Waals surface area contributed by atoms with Gasteiger partial charge in [0.05, 0.1) is 38.1 Å². The lowest BCUT2D eigenvalue weighted by molar-refractivity contribution is -0.229. The first-order valence-electron chi connectivity index (χ1n) is 16.2. The number of benzene rings is 2. The number of carboxylic acid groups (broad SMARTS) is 1. The van der Waals surface area contributed by atoms with Crippen molar-refractivity contribution in [2.45, 2.75) is 80.1 Å². The number of hydrazine groups is 1. The molecule has 8 rings (SSSR count). The fourth-order valence-corrected chi connectivity index (χ4v) is 9.60. The van der Waals surface area contributed by atoms with E-state index in [0.29, 0.717) is 13.1 Å². The van der Waals surface area contributed by atoms with Crippen molar-refractivity contribution in [3.63, 3.8) is 0 Å². The van der Waals surface area contributed by atoms with E-state index >= 15 is 0 Å². The van der Waals surface area contributed by atoms with Gasteiger partial charge in [-0.3, -0.25) is 14.4 Å². The van der Waals surface area contributed by atoms with Gasteiger partial charge < -0.3 is 25.0 Å². The molecule has 4 aliphatic heterocycles. The number of terminal acetylenes is 1. The molecule has 0 radical (unpaired) electrons. The number of hydrogen-bond donors (Lipinski definition) is 2. The molecule has 6 aliphatic rings. The summed E-state index contributed by atoms with van der Waals surface area (Å²) < 4.78 is 7.03. The van der Waals surface area contributed by atoms with Gasteiger partial charge in [-0.1, -0.05) is 73.0 Å². The summed E-state index contributed by atoms with van der Waals surface area (Å²) in [4.78, 5) is 43.5. The Morgan fingerprint density at radius 3 is 2.56 bits per heavy atom. The molecule has 2 aromatic carbocycles. The minimum Gasteiger partial charge on any atom is -0.481 e. The van der Waals surface area contributed by atoms with Crippen molar-refractivity contribution >= 4 is 17.8 Å². The lowest BCUT2D eigenvalue weighted by atomic mass is 9.60. The Labute approximate surface area is 263 Å². The molecule has 10 heteroatoms. The van der Waals surface area contributed by atoms with E-state index in [0.717, 1.165) is 25.7 Å². The summed E-state index contributed by atoms with van der Waals surface area (Å²) in [5, 5.41) is 18.0. The molecule has 2 amide bonds. The van der Waals surface area contributed by atoms with Crippen molar-refractivity contribution in [2.24, 2.45) is 5.92 Å². The number of carboxylic acids is 1. The van der Waals surface area contributed by atoms with E-state index in [1.165, 1.54) is 11.1 Å². The highest BCUT2D eigenvalue weighted by Gasteiger charge is 2.89. The lowest BCUT2D eigenvalue weighted by Gasteiger charge is -2.62. The summed E-state index contributed by atoms with van der Waals surface area (Å²) in [6.07, 6.45) is 8.72. The van der Waals surface area contributed by atoms with Crippen LogP contribution < -0.4 is 5.32 Å². The summed E-state index contributed by atoms with van der Waals surface area (Å²) in [5.74, 6) is 1.43. The van der Waals surface area contributed by atoms with Crippen molar-refractivity contribution in [3.8, 4) is 12.3 Å². The zero-order valence-corrected chi connectivity index (χ0v) is 25.3. The van der Waals surface area contributed by atoms with E-state index in [4.69, 9.17) is 11.2 Å². The normalized spacial score (nSPS) is 37.1. The second-order valence-corrected chi connectivity index (χ2v) is 13.6. The van der Waals surface area contributed by atoms with Gasteiger partial charge in [0.15, 0.2) is 0 Å². The molecule has 2 saturated carbocycles. The van der Waals surface area contributed by atoms with Gasteiger partial charge in [-0.05, 0) is 36.3 Å². The minimum absolute atomic E-state index is 0.00878. The topological polar surface area (TPSA) is 109 Å². The fraction of sp³-hybridized carbons (Fsp3) is 0.514. The maximum atomic E-state index is 14.2. The average Bonchev–Trinajstić information content (AvgIpc) is 3.61. The smallest absolute Gasteiger partial charge is 0.305 e. The molecule has 234 valence electrons. The summed E-state index contributed by atoms with van der Waals surface area (Å²) in [6.45, 7) is 1.64. The van der Waals surface area contributed by atoms with Crippen LogP contribution in [-0.2, 0) is 25.7 Å². The average molecular weight is 610 g/mol. The molecule has 6 fully saturated rings. The maximum absolute atomic E-state index is 14.2. The molecule has 1 spiro atoms. The summed E-state index contributed by atoms with van der Waals surface area (Å²) in [7, 11) is 0. The Balaban J connectivity index is 1.26. The van der Waals surface area contributed by atoms with Gasteiger partial charge in [-0.15, -0.1) is 6.42 Å². The SMILES string of the molecule is C#CCN1CC(=O)N2[C@@H](CC(=O)O)C(=O)N3CC(c4ccccc4)C4CCCC56OC5(C4)C(C6NCc4ccccc4)N1[C@H]2C3. The number of ether oxygens (including phenoxy) is 1. The van der Waals surface area contributed by atoms with E-state index in [2.05, 4.69) is 40.5 Å². The van der Waals surface area contributed by atoms with Crippen molar-refractivity contribution in [2.75, 3.05) is 26.2 Å². The highest BCUT2D eigenvalue weighted by Crippen LogP contribution is 2.72. The number of carbonyl (C=O) groups excluding carboxylic acids is 2. The van der Waals surface area contributed by atoms with Crippen molar-refractivity contribution < 1.29 is 24.2 Å². The van der Waals surface area contributed by atoms with Crippen LogP contribution in [0.25, 0.3) is 0 Å². The van der Waals surface area contributed by atoms with Gasteiger partial charge in [0.2, 0.25) is 11.8 Å². The molecule has 4 saturated heterocycles. The Kier molecular flexibility index (Phi) is 6.80. The quantitative estimate of drug-likeness (QED) is 0.363. The Bertz CT molecular complexity index is 1550. The maximum Gasteiger partial charge on any atom is 0.305 e. The molecule has 2 N–H and O–H groups in total. The van der Waals surface area contributed by atoms with E-state index < -0.39 is 30.2 Å². The van der Waals surface area contributed by atoms with Crippen molar-refractivity contribution in [1.82, 2.24) is 25.1 Å². The van der Waals surface area contributed by atoms with Crippen LogP contribution in [-0.4, -0.2) is 104 Å². The largest absolute Gasteiger partial charge is 0.481 e. The Hall–Kier alpha value is -3.75. The molecule has 2 aliphatic carbocycles. The summed E-state index contributed by atoms with van der Waals surface area (Å²) >= 11 is 0. The standard InChI is InChI=1S/C35H39N5O5/c1-2-16-38-22-29(41)39-27(17-30(42)43)33(44)37-20-26(24-12-7-4-8-13-24)25-14-9-15-34-31(36-19-23-10-5-3-6-11-23)32(35(34,18-25)45-34)40(38)28(39)21-37/h1,3-8,10-13,25-28,31-32,36H,9,14-22H2,(H,42,43)/t25?,26?,27-,28-,31?,32?,34?,35?/m0/s1. The van der Waals surface area contributed by atoms with Crippen LogP contribution in [0.2, 0.25) is 0 Å². The number of fused-ring (bicyclic) bond motifs is 3. The minimum atomic E-state index is -1.10. The molecule has 45 heavy (non-hydrogen) atoms. The first kappa shape index (κ1) is 28.7. The van der Waals surface area contributed by atoms with Crippen LogP contribution in [0.15, 0.2) is 60.7 Å². The van der Waals surface area contributed by atoms with Gasteiger partial charge in [0.25, 0.3) is 0 Å². The predicted octanol–water partition coefficient (Wildman–Crippen LogP) is 2.03. The second kappa shape index (κ2) is 10.7. The van der Waals surface area contributed by atoms with E-state index in [-0.39, 0.29) is 61.0 Å². The highest BCUT2D eigenvalue weighted by molar-refractivity contribution is 5.93. The third kappa shape index (κ3) is 4.28. The van der Waals surface area contributed by atoms with Gasteiger partial charge in [0, 0.05) is 19.0 Å². The molecule has 6 unspecified atom stereocenters. The van der Waals surface area contributed by atoms with Gasteiger partial charge in [0.1, 0.15) is 23.4 Å².